The third kappa shape index (κ3) is 5.47. The van der Waals surface area contributed by atoms with Crippen molar-refractivity contribution in [3.05, 3.63) is 64.1 Å². The van der Waals surface area contributed by atoms with Crippen molar-refractivity contribution in [3.8, 4) is 0 Å². The summed E-state index contributed by atoms with van der Waals surface area (Å²) in [4.78, 5) is 27.0. The molecule has 0 radical (unpaired) electrons. The predicted octanol–water partition coefficient (Wildman–Crippen LogP) is 4.53. The number of carbonyl (C=O) groups is 2. The topological polar surface area (TPSA) is 58.6 Å². The van der Waals surface area contributed by atoms with Crippen molar-refractivity contribution in [2.45, 2.75) is 31.9 Å². The van der Waals surface area contributed by atoms with E-state index in [0.29, 0.717) is 35.3 Å². The van der Waals surface area contributed by atoms with E-state index < -0.39 is 6.04 Å². The molecular formula is C21H22Cl2N2O3. The van der Waals surface area contributed by atoms with E-state index in [1.807, 2.05) is 30.3 Å². The first-order valence-corrected chi connectivity index (χ1v) is 9.97. The number of nitrogens with one attached hydrogen (secondary N) is 1. The van der Waals surface area contributed by atoms with Crippen LogP contribution in [0.2, 0.25) is 10.0 Å². The second-order valence-electron chi connectivity index (χ2n) is 6.69. The third-order valence-electron chi connectivity index (χ3n) is 4.65. The van der Waals surface area contributed by atoms with Crippen LogP contribution in [0.15, 0.2) is 48.5 Å². The summed E-state index contributed by atoms with van der Waals surface area (Å²) in [5.74, 6) is -0.432. The highest BCUT2D eigenvalue weighted by molar-refractivity contribution is 6.36. The second-order valence-corrected chi connectivity index (χ2v) is 7.53. The van der Waals surface area contributed by atoms with E-state index in [1.54, 1.807) is 23.1 Å². The van der Waals surface area contributed by atoms with Crippen molar-refractivity contribution < 1.29 is 14.3 Å². The zero-order valence-electron chi connectivity index (χ0n) is 15.4. The minimum absolute atomic E-state index is 0.0552. The Morgan fingerprint density at radius 3 is 2.64 bits per heavy atom. The number of hydrogen-bond acceptors (Lipinski definition) is 3. The average Bonchev–Trinajstić information content (AvgIpc) is 2.71. The molecule has 2 aromatic carbocycles. The largest absolute Gasteiger partial charge is 0.367 e. The molecule has 1 unspecified atom stereocenters. The normalized spacial score (nSPS) is 16.6. The molecule has 28 heavy (non-hydrogen) atoms. The van der Waals surface area contributed by atoms with Crippen molar-refractivity contribution in [1.29, 1.82) is 0 Å². The molecule has 148 valence electrons. The lowest BCUT2D eigenvalue weighted by molar-refractivity contribution is -0.144. The van der Waals surface area contributed by atoms with Gasteiger partial charge in [-0.3, -0.25) is 9.59 Å². The van der Waals surface area contributed by atoms with Crippen molar-refractivity contribution >= 4 is 40.7 Å². The first kappa shape index (κ1) is 20.6. The molecule has 0 saturated carbocycles. The molecule has 2 aromatic rings. The van der Waals surface area contributed by atoms with Gasteiger partial charge in [0, 0.05) is 11.6 Å². The van der Waals surface area contributed by atoms with Crippen LogP contribution in [-0.4, -0.2) is 35.9 Å². The quantitative estimate of drug-likeness (QED) is 0.746. The van der Waals surface area contributed by atoms with Crippen LogP contribution in [-0.2, 0) is 20.9 Å². The lowest BCUT2D eigenvalue weighted by Gasteiger charge is -2.34. The van der Waals surface area contributed by atoms with Gasteiger partial charge in [-0.2, -0.15) is 0 Å². The number of rotatable bonds is 6. The summed E-state index contributed by atoms with van der Waals surface area (Å²) < 4.78 is 5.55. The van der Waals surface area contributed by atoms with Gasteiger partial charge in [0.1, 0.15) is 12.6 Å². The molecule has 1 saturated heterocycles. The van der Waals surface area contributed by atoms with Gasteiger partial charge >= 0.3 is 0 Å². The van der Waals surface area contributed by atoms with Gasteiger partial charge in [-0.25, -0.2) is 0 Å². The lowest BCUT2D eigenvalue weighted by atomic mass is 10.0. The van der Waals surface area contributed by atoms with Crippen molar-refractivity contribution in [2.75, 3.05) is 18.5 Å². The van der Waals surface area contributed by atoms with Gasteiger partial charge in [0.15, 0.2) is 0 Å². The van der Waals surface area contributed by atoms with E-state index in [-0.39, 0.29) is 18.4 Å². The summed E-state index contributed by atoms with van der Waals surface area (Å²) in [6, 6.07) is 14.0. The van der Waals surface area contributed by atoms with Gasteiger partial charge in [-0.15, -0.1) is 0 Å². The number of amides is 2. The molecule has 1 N–H and O–H groups in total. The summed E-state index contributed by atoms with van der Waals surface area (Å²) in [6.45, 7) is 0.845. The molecule has 7 heteroatoms. The Morgan fingerprint density at radius 2 is 1.89 bits per heavy atom. The van der Waals surface area contributed by atoms with Crippen molar-refractivity contribution in [2.24, 2.45) is 0 Å². The number of benzene rings is 2. The molecule has 1 fully saturated rings. The zero-order chi connectivity index (χ0) is 19.9. The molecule has 0 bridgehead atoms. The Hall–Kier alpha value is -2.08. The van der Waals surface area contributed by atoms with E-state index in [0.717, 1.165) is 18.4 Å². The van der Waals surface area contributed by atoms with Gasteiger partial charge in [-0.1, -0.05) is 53.5 Å². The summed E-state index contributed by atoms with van der Waals surface area (Å²) in [7, 11) is 0. The minimum atomic E-state index is -0.534. The van der Waals surface area contributed by atoms with Crippen molar-refractivity contribution in [1.82, 2.24) is 4.90 Å². The number of carbonyl (C=O) groups excluding carboxylic acids is 2. The van der Waals surface area contributed by atoms with Gasteiger partial charge in [-0.05, 0) is 43.0 Å². The number of halogens is 2. The number of ether oxygens (including phenoxy) is 1. The van der Waals surface area contributed by atoms with Gasteiger partial charge in [0.05, 0.1) is 17.3 Å². The molecule has 0 aliphatic carbocycles. The van der Waals surface area contributed by atoms with Crippen molar-refractivity contribution in [3.63, 3.8) is 0 Å². The highest BCUT2D eigenvalue weighted by atomic mass is 35.5. The first-order valence-electron chi connectivity index (χ1n) is 9.21. The standard InChI is InChI=1S/C21H22Cl2N2O3/c22-16-9-10-18(17(23)12-16)24-21(27)19-8-4-5-11-25(19)20(26)14-28-13-15-6-2-1-3-7-15/h1-3,6-7,9-10,12,19H,4-5,8,11,13-14H2,(H,24,27). The molecule has 3 rings (SSSR count). The summed E-state index contributed by atoms with van der Waals surface area (Å²) in [6.07, 6.45) is 2.37. The smallest absolute Gasteiger partial charge is 0.249 e. The van der Waals surface area contributed by atoms with Crippen LogP contribution in [0.5, 0.6) is 0 Å². The molecule has 1 aliphatic rings. The molecule has 1 atom stereocenters. The summed E-state index contributed by atoms with van der Waals surface area (Å²) >= 11 is 12.0. The molecule has 0 aromatic heterocycles. The highest BCUT2D eigenvalue weighted by Crippen LogP contribution is 2.27. The summed E-state index contributed by atoms with van der Waals surface area (Å²) in [5, 5.41) is 3.67. The number of piperidine rings is 1. The number of likely N-dealkylation sites (tertiary alicyclic amines) is 1. The van der Waals surface area contributed by atoms with E-state index in [9.17, 15) is 9.59 Å². The third-order valence-corrected chi connectivity index (χ3v) is 5.20. The van der Waals surface area contributed by atoms with Gasteiger partial charge in [0.2, 0.25) is 11.8 Å². The van der Waals surface area contributed by atoms with E-state index in [2.05, 4.69) is 5.32 Å². The zero-order valence-corrected chi connectivity index (χ0v) is 16.9. The second kappa shape index (κ2) is 9.92. The Morgan fingerprint density at radius 1 is 1.11 bits per heavy atom. The average molecular weight is 421 g/mol. The van der Waals surface area contributed by atoms with Crippen LogP contribution < -0.4 is 5.32 Å². The Balaban J connectivity index is 1.59. The van der Waals surface area contributed by atoms with E-state index in [4.69, 9.17) is 27.9 Å². The number of nitrogens with zero attached hydrogens (tertiary/aromatic N) is 1. The molecule has 5 nitrogen and oxygen atoms in total. The minimum Gasteiger partial charge on any atom is -0.367 e. The summed E-state index contributed by atoms with van der Waals surface area (Å²) in [5.41, 5.74) is 1.48. The van der Waals surface area contributed by atoms with E-state index >= 15 is 0 Å². The fourth-order valence-corrected chi connectivity index (χ4v) is 3.68. The lowest BCUT2D eigenvalue weighted by Crippen LogP contribution is -2.51. The molecular weight excluding hydrogens is 399 g/mol. The number of hydrogen-bond donors (Lipinski definition) is 1. The van der Waals surface area contributed by atoms with Gasteiger partial charge in [0.25, 0.3) is 0 Å². The molecule has 1 heterocycles. The van der Waals surface area contributed by atoms with Gasteiger partial charge < -0.3 is 15.0 Å². The fraction of sp³-hybridized carbons (Fsp3) is 0.333. The highest BCUT2D eigenvalue weighted by Gasteiger charge is 2.32. The SMILES string of the molecule is O=C(Nc1ccc(Cl)cc1Cl)C1CCCCN1C(=O)COCc1ccccc1. The molecule has 1 aliphatic heterocycles. The molecule has 2 amide bonds. The number of anilines is 1. The fourth-order valence-electron chi connectivity index (χ4n) is 3.22. The van der Waals surface area contributed by atoms with E-state index in [1.165, 1.54) is 0 Å². The van der Waals surface area contributed by atoms with Crippen LogP contribution in [0, 0.1) is 0 Å². The van der Waals surface area contributed by atoms with Crippen LogP contribution in [0.25, 0.3) is 0 Å². The Bertz CT molecular complexity index is 830. The van der Waals surface area contributed by atoms with Crippen LogP contribution >= 0.6 is 23.2 Å². The van der Waals surface area contributed by atoms with Crippen LogP contribution in [0.4, 0.5) is 5.69 Å². The maximum absolute atomic E-state index is 12.8. The Kier molecular flexibility index (Phi) is 7.31. The van der Waals surface area contributed by atoms with Crippen LogP contribution in [0.3, 0.4) is 0 Å². The molecule has 0 spiro atoms. The Labute approximate surface area is 174 Å². The van der Waals surface area contributed by atoms with Crippen LogP contribution in [0.1, 0.15) is 24.8 Å². The maximum Gasteiger partial charge on any atom is 0.249 e. The first-order chi connectivity index (χ1) is 13.5. The monoisotopic (exact) mass is 420 g/mol. The maximum atomic E-state index is 12.8. The predicted molar refractivity (Wildman–Crippen MR) is 111 cm³/mol.